The van der Waals surface area contributed by atoms with Gasteiger partial charge in [0, 0.05) is 0 Å². The first-order valence-corrected chi connectivity index (χ1v) is 7.77. The number of para-hydroxylation sites is 1. The second-order valence-corrected chi connectivity index (χ2v) is 5.18. The maximum atomic E-state index is 11.2. The van der Waals surface area contributed by atoms with Crippen LogP contribution in [0.25, 0.3) is 0 Å². The number of primary amides is 1. The Morgan fingerprint density at radius 1 is 1.00 bits per heavy atom. The maximum Gasteiger partial charge on any atom is 0.252 e. The summed E-state index contributed by atoms with van der Waals surface area (Å²) in [7, 11) is 0. The van der Waals surface area contributed by atoms with Crippen molar-refractivity contribution in [2.45, 2.75) is 58.3 Å². The molecule has 1 aromatic rings. The number of hydrogen-bond acceptors (Lipinski definition) is 2. The molecule has 0 saturated heterocycles. The van der Waals surface area contributed by atoms with Gasteiger partial charge in [0.25, 0.3) is 5.91 Å². The molecular formula is C17H27NO2. The highest BCUT2D eigenvalue weighted by molar-refractivity contribution is 5.95. The first-order valence-electron chi connectivity index (χ1n) is 7.77. The first-order chi connectivity index (χ1) is 9.75. The molecule has 1 amide bonds. The number of ether oxygens (including phenoxy) is 1. The summed E-state index contributed by atoms with van der Waals surface area (Å²) in [6.07, 6.45) is 10.2. The number of nitrogens with two attached hydrogens (primary N) is 1. The van der Waals surface area contributed by atoms with Crippen molar-refractivity contribution in [3.05, 3.63) is 29.8 Å². The number of unbranched alkanes of at least 4 members (excludes halogenated alkanes) is 7. The molecule has 3 nitrogen and oxygen atoms in total. The van der Waals surface area contributed by atoms with E-state index in [0.29, 0.717) is 17.9 Å². The normalized spacial score (nSPS) is 10.4. The third-order valence-electron chi connectivity index (χ3n) is 3.41. The smallest absolute Gasteiger partial charge is 0.252 e. The molecule has 0 heterocycles. The van der Waals surface area contributed by atoms with Crippen LogP contribution in [0, 0.1) is 0 Å². The monoisotopic (exact) mass is 277 g/mol. The number of amides is 1. The van der Waals surface area contributed by atoms with Crippen LogP contribution in [0.2, 0.25) is 0 Å². The van der Waals surface area contributed by atoms with E-state index in [1.807, 2.05) is 6.07 Å². The van der Waals surface area contributed by atoms with E-state index < -0.39 is 5.91 Å². The highest BCUT2D eigenvalue weighted by atomic mass is 16.5. The van der Waals surface area contributed by atoms with Crippen molar-refractivity contribution in [1.82, 2.24) is 0 Å². The number of rotatable bonds is 11. The number of hydrogen-bond donors (Lipinski definition) is 1. The molecule has 0 saturated carbocycles. The van der Waals surface area contributed by atoms with Gasteiger partial charge in [-0.05, 0) is 18.6 Å². The topological polar surface area (TPSA) is 52.3 Å². The quantitative estimate of drug-likeness (QED) is 0.613. The van der Waals surface area contributed by atoms with Crippen LogP contribution in [-0.2, 0) is 0 Å². The average molecular weight is 277 g/mol. The summed E-state index contributed by atoms with van der Waals surface area (Å²) < 4.78 is 5.64. The van der Waals surface area contributed by atoms with Gasteiger partial charge in [-0.1, -0.05) is 64.0 Å². The Morgan fingerprint density at radius 2 is 1.60 bits per heavy atom. The van der Waals surface area contributed by atoms with Crippen LogP contribution in [-0.4, -0.2) is 12.5 Å². The van der Waals surface area contributed by atoms with Crippen LogP contribution in [0.4, 0.5) is 0 Å². The van der Waals surface area contributed by atoms with Gasteiger partial charge in [0.2, 0.25) is 0 Å². The predicted molar refractivity (Wildman–Crippen MR) is 83.1 cm³/mol. The summed E-state index contributed by atoms with van der Waals surface area (Å²) in [5.41, 5.74) is 5.77. The molecular weight excluding hydrogens is 250 g/mol. The van der Waals surface area contributed by atoms with Gasteiger partial charge < -0.3 is 10.5 Å². The van der Waals surface area contributed by atoms with Crippen LogP contribution in [0.5, 0.6) is 5.75 Å². The SMILES string of the molecule is CCCCCCCCCCOc1ccccc1C(N)=O. The third kappa shape index (κ3) is 6.60. The van der Waals surface area contributed by atoms with Crippen LogP contribution >= 0.6 is 0 Å². The van der Waals surface area contributed by atoms with Crippen molar-refractivity contribution >= 4 is 5.91 Å². The molecule has 112 valence electrons. The lowest BCUT2D eigenvalue weighted by Crippen LogP contribution is -2.13. The largest absolute Gasteiger partial charge is 0.493 e. The molecule has 0 radical (unpaired) electrons. The van der Waals surface area contributed by atoms with Crippen LogP contribution in [0.1, 0.15) is 68.6 Å². The standard InChI is InChI=1S/C17H27NO2/c1-2-3-4-5-6-7-8-11-14-20-16-13-10-9-12-15(16)17(18)19/h9-10,12-13H,2-8,11,14H2,1H3,(H2,18,19). The van der Waals surface area contributed by atoms with E-state index in [1.165, 1.54) is 44.9 Å². The summed E-state index contributed by atoms with van der Waals surface area (Å²) in [5.74, 6) is 0.166. The Labute approximate surface area is 122 Å². The van der Waals surface area contributed by atoms with Gasteiger partial charge in [-0.3, -0.25) is 4.79 Å². The van der Waals surface area contributed by atoms with Gasteiger partial charge in [0.15, 0.2) is 0 Å². The molecule has 0 aliphatic heterocycles. The summed E-state index contributed by atoms with van der Waals surface area (Å²) in [4.78, 5) is 11.2. The molecule has 0 aliphatic rings. The molecule has 0 fully saturated rings. The van der Waals surface area contributed by atoms with Gasteiger partial charge in [-0.2, -0.15) is 0 Å². The Balaban J connectivity index is 2.11. The highest BCUT2D eigenvalue weighted by Crippen LogP contribution is 2.17. The summed E-state index contributed by atoms with van der Waals surface area (Å²) >= 11 is 0. The minimum absolute atomic E-state index is 0.434. The van der Waals surface area contributed by atoms with E-state index in [2.05, 4.69) is 6.92 Å². The lowest BCUT2D eigenvalue weighted by molar-refractivity contribution is 0.0996. The van der Waals surface area contributed by atoms with Crippen molar-refractivity contribution in [2.75, 3.05) is 6.61 Å². The van der Waals surface area contributed by atoms with Crippen LogP contribution < -0.4 is 10.5 Å². The van der Waals surface area contributed by atoms with Crippen LogP contribution in [0.3, 0.4) is 0 Å². The molecule has 1 rings (SSSR count). The minimum Gasteiger partial charge on any atom is -0.493 e. The first kappa shape index (κ1) is 16.5. The minimum atomic E-state index is -0.434. The van der Waals surface area contributed by atoms with Gasteiger partial charge in [-0.15, -0.1) is 0 Å². The zero-order valence-corrected chi connectivity index (χ0v) is 12.6. The molecule has 0 bridgehead atoms. The zero-order valence-electron chi connectivity index (χ0n) is 12.6. The lowest BCUT2D eigenvalue weighted by atomic mass is 10.1. The van der Waals surface area contributed by atoms with E-state index >= 15 is 0 Å². The van der Waals surface area contributed by atoms with Crippen molar-refractivity contribution in [3.8, 4) is 5.75 Å². The fourth-order valence-corrected chi connectivity index (χ4v) is 2.21. The number of carbonyl (C=O) groups excluding carboxylic acids is 1. The molecule has 0 aromatic heterocycles. The van der Waals surface area contributed by atoms with E-state index in [-0.39, 0.29) is 0 Å². The third-order valence-corrected chi connectivity index (χ3v) is 3.41. The molecule has 3 heteroatoms. The van der Waals surface area contributed by atoms with E-state index in [4.69, 9.17) is 10.5 Å². The van der Waals surface area contributed by atoms with Gasteiger partial charge in [-0.25, -0.2) is 0 Å². The molecule has 1 aromatic carbocycles. The van der Waals surface area contributed by atoms with Crippen molar-refractivity contribution in [3.63, 3.8) is 0 Å². The van der Waals surface area contributed by atoms with E-state index in [9.17, 15) is 4.79 Å². The average Bonchev–Trinajstić information content (AvgIpc) is 2.46. The maximum absolute atomic E-state index is 11.2. The summed E-state index contributed by atoms with van der Waals surface area (Å²) in [6.45, 7) is 2.89. The summed E-state index contributed by atoms with van der Waals surface area (Å²) in [6, 6.07) is 7.15. The van der Waals surface area contributed by atoms with Gasteiger partial charge in [0.05, 0.1) is 12.2 Å². The summed E-state index contributed by atoms with van der Waals surface area (Å²) in [5, 5.41) is 0. The molecule has 0 aliphatic carbocycles. The number of benzene rings is 1. The fourth-order valence-electron chi connectivity index (χ4n) is 2.21. The Hall–Kier alpha value is -1.51. The molecule has 0 atom stereocenters. The van der Waals surface area contributed by atoms with Gasteiger partial charge >= 0.3 is 0 Å². The van der Waals surface area contributed by atoms with Crippen molar-refractivity contribution < 1.29 is 9.53 Å². The van der Waals surface area contributed by atoms with E-state index in [0.717, 1.165) is 6.42 Å². The molecule has 0 unspecified atom stereocenters. The molecule has 0 spiro atoms. The Morgan fingerprint density at radius 3 is 2.25 bits per heavy atom. The van der Waals surface area contributed by atoms with Crippen molar-refractivity contribution in [1.29, 1.82) is 0 Å². The Kier molecular flexibility index (Phi) is 8.52. The van der Waals surface area contributed by atoms with Gasteiger partial charge in [0.1, 0.15) is 5.75 Å². The predicted octanol–water partition coefficient (Wildman–Crippen LogP) is 4.31. The second-order valence-electron chi connectivity index (χ2n) is 5.18. The highest BCUT2D eigenvalue weighted by Gasteiger charge is 2.07. The fraction of sp³-hybridized carbons (Fsp3) is 0.588. The lowest BCUT2D eigenvalue weighted by Gasteiger charge is -2.09. The Bertz CT molecular complexity index is 390. The number of carbonyl (C=O) groups is 1. The second kappa shape index (κ2) is 10.3. The van der Waals surface area contributed by atoms with Crippen molar-refractivity contribution in [2.24, 2.45) is 5.73 Å². The zero-order chi connectivity index (χ0) is 14.6. The van der Waals surface area contributed by atoms with E-state index in [1.54, 1.807) is 18.2 Å². The molecule has 2 N–H and O–H groups in total. The van der Waals surface area contributed by atoms with Crippen LogP contribution in [0.15, 0.2) is 24.3 Å². The molecule has 20 heavy (non-hydrogen) atoms.